The highest BCUT2D eigenvalue weighted by Gasteiger charge is 2.23. The molecule has 2 unspecified atom stereocenters. The summed E-state index contributed by atoms with van der Waals surface area (Å²) in [5.41, 5.74) is 2.32. The van der Waals surface area contributed by atoms with E-state index in [-0.39, 0.29) is 12.0 Å². The second-order valence-corrected chi connectivity index (χ2v) is 5.47. The quantitative estimate of drug-likeness (QED) is 0.551. The summed E-state index contributed by atoms with van der Waals surface area (Å²) in [6.07, 6.45) is 2.03. The molecule has 23 heavy (non-hydrogen) atoms. The highest BCUT2D eigenvalue weighted by molar-refractivity contribution is 5.37. The molecule has 0 fully saturated rings. The molecule has 2 atom stereocenters. The van der Waals surface area contributed by atoms with Crippen LogP contribution in [0.5, 0.6) is 0 Å². The third kappa shape index (κ3) is 4.58. The zero-order valence-corrected chi connectivity index (χ0v) is 14.1. The van der Waals surface area contributed by atoms with Gasteiger partial charge in [-0.25, -0.2) is 0 Å². The third-order valence-electron chi connectivity index (χ3n) is 4.12. The molecule has 1 nitrogen and oxygen atoms in total. The fraction of sp³-hybridized carbons (Fsp3) is 0.273. The van der Waals surface area contributed by atoms with Crippen molar-refractivity contribution in [3.63, 3.8) is 0 Å². The Morgan fingerprint density at radius 1 is 0.957 bits per heavy atom. The number of hydrogen-bond acceptors (Lipinski definition) is 1. The molecule has 1 heteroatoms. The zero-order chi connectivity index (χ0) is 16.5. The van der Waals surface area contributed by atoms with E-state index in [2.05, 4.69) is 73.6 Å². The van der Waals surface area contributed by atoms with Crippen LogP contribution in [0, 0.1) is 11.8 Å². The van der Waals surface area contributed by atoms with E-state index < -0.39 is 0 Å². The first-order valence-corrected chi connectivity index (χ1v) is 8.28. The number of hydrogen-bond donors (Lipinski definition) is 0. The third-order valence-corrected chi connectivity index (χ3v) is 4.12. The highest BCUT2D eigenvalue weighted by Crippen LogP contribution is 2.24. The van der Waals surface area contributed by atoms with Gasteiger partial charge in [0.05, 0.1) is 6.04 Å². The maximum absolute atomic E-state index is 4.07. The Morgan fingerprint density at radius 2 is 1.52 bits per heavy atom. The minimum absolute atomic E-state index is 0.130. The van der Waals surface area contributed by atoms with Gasteiger partial charge < -0.3 is 0 Å². The molecule has 0 saturated carbocycles. The average molecular weight is 303 g/mol. The lowest BCUT2D eigenvalue weighted by Crippen LogP contribution is -2.38. The van der Waals surface area contributed by atoms with Gasteiger partial charge in [-0.15, -0.1) is 6.58 Å². The topological polar surface area (TPSA) is 3.24 Å². The van der Waals surface area contributed by atoms with Crippen LogP contribution in [-0.4, -0.2) is 24.0 Å². The van der Waals surface area contributed by atoms with Crippen LogP contribution in [-0.2, 0) is 0 Å². The lowest BCUT2D eigenvalue weighted by atomic mass is 9.90. The molecule has 0 aliphatic carbocycles. The van der Waals surface area contributed by atoms with Crippen molar-refractivity contribution in [3.8, 4) is 11.8 Å². The van der Waals surface area contributed by atoms with E-state index in [0.717, 1.165) is 18.7 Å². The summed E-state index contributed by atoms with van der Waals surface area (Å²) in [5, 5.41) is 0. The van der Waals surface area contributed by atoms with E-state index >= 15 is 0 Å². The monoisotopic (exact) mass is 303 g/mol. The number of nitrogens with zero attached hydrogens (tertiary/aromatic N) is 1. The minimum atomic E-state index is 0.130. The van der Waals surface area contributed by atoms with Gasteiger partial charge in [0.2, 0.25) is 0 Å². The lowest BCUT2D eigenvalue weighted by molar-refractivity contribution is 0.246. The van der Waals surface area contributed by atoms with Gasteiger partial charge >= 0.3 is 0 Å². The fourth-order valence-corrected chi connectivity index (χ4v) is 2.83. The molecule has 2 aromatic carbocycles. The molecule has 2 aromatic rings. The van der Waals surface area contributed by atoms with Crippen molar-refractivity contribution in [3.05, 3.63) is 84.4 Å². The number of benzene rings is 2. The molecule has 0 saturated heterocycles. The molecule has 0 aliphatic rings. The van der Waals surface area contributed by atoms with Crippen molar-refractivity contribution < 1.29 is 0 Å². The first-order valence-electron chi connectivity index (χ1n) is 8.28. The van der Waals surface area contributed by atoms with Crippen LogP contribution in [0.4, 0.5) is 0 Å². The van der Waals surface area contributed by atoms with E-state index in [4.69, 9.17) is 0 Å². The summed E-state index contributed by atoms with van der Waals surface area (Å²) in [6.45, 7) is 10.4. The molecule has 0 aliphatic heterocycles. The first-order chi connectivity index (χ1) is 11.3. The van der Waals surface area contributed by atoms with E-state index in [1.54, 1.807) is 0 Å². The molecule has 0 aromatic heterocycles. The predicted octanol–water partition coefficient (Wildman–Crippen LogP) is 4.72. The molecule has 118 valence electrons. The second kappa shape index (κ2) is 8.98. The Morgan fingerprint density at radius 3 is 2.04 bits per heavy atom. The van der Waals surface area contributed by atoms with Gasteiger partial charge in [0.15, 0.2) is 0 Å². The maximum atomic E-state index is 4.07. The first kappa shape index (κ1) is 17.1. The Kier molecular flexibility index (Phi) is 6.66. The largest absolute Gasteiger partial charge is 0.290 e. The Hall–Kier alpha value is -2.30. The second-order valence-electron chi connectivity index (χ2n) is 5.47. The van der Waals surface area contributed by atoms with Gasteiger partial charge in [-0.3, -0.25) is 4.90 Å². The van der Waals surface area contributed by atoms with Crippen LogP contribution in [0.1, 0.15) is 30.9 Å². The Labute approximate surface area is 140 Å². The maximum Gasteiger partial charge on any atom is 0.0822 e. The van der Waals surface area contributed by atoms with Crippen LogP contribution >= 0.6 is 0 Å². The summed E-state index contributed by atoms with van der Waals surface area (Å²) in [4.78, 5) is 2.40. The van der Waals surface area contributed by atoms with E-state index in [0.29, 0.717) is 0 Å². The van der Waals surface area contributed by atoms with Crippen LogP contribution in [0.15, 0.2) is 73.3 Å². The van der Waals surface area contributed by atoms with Crippen molar-refractivity contribution >= 4 is 0 Å². The van der Waals surface area contributed by atoms with Crippen LogP contribution in [0.2, 0.25) is 0 Å². The van der Waals surface area contributed by atoms with Crippen molar-refractivity contribution in [2.45, 2.75) is 25.8 Å². The van der Waals surface area contributed by atoms with Gasteiger partial charge in [0.1, 0.15) is 0 Å². The predicted molar refractivity (Wildman–Crippen MR) is 99.4 cm³/mol. The summed E-state index contributed by atoms with van der Waals surface area (Å²) < 4.78 is 0. The van der Waals surface area contributed by atoms with Crippen molar-refractivity contribution in [1.29, 1.82) is 0 Å². The van der Waals surface area contributed by atoms with Gasteiger partial charge in [-0.1, -0.05) is 80.3 Å². The van der Waals surface area contributed by atoms with Crippen molar-refractivity contribution in [2.24, 2.45) is 0 Å². The van der Waals surface area contributed by atoms with Gasteiger partial charge in [-0.2, -0.15) is 0 Å². The SMILES string of the molecule is C=CC(c1ccccc1)C(C#Cc1ccccc1)N(CC)CC. The summed E-state index contributed by atoms with van der Waals surface area (Å²) in [6, 6.07) is 20.8. The molecule has 2 rings (SSSR count). The number of rotatable bonds is 6. The van der Waals surface area contributed by atoms with E-state index in [1.165, 1.54) is 5.56 Å². The molecule has 0 radical (unpaired) electrons. The number of likely N-dealkylation sites (N-methyl/N-ethyl adjacent to an activating group) is 1. The molecule has 0 heterocycles. The van der Waals surface area contributed by atoms with Crippen molar-refractivity contribution in [1.82, 2.24) is 4.90 Å². The van der Waals surface area contributed by atoms with Gasteiger partial charge in [0.25, 0.3) is 0 Å². The fourth-order valence-electron chi connectivity index (χ4n) is 2.83. The molecular formula is C22H25N. The average Bonchev–Trinajstić information content (AvgIpc) is 2.62. The zero-order valence-electron chi connectivity index (χ0n) is 14.1. The van der Waals surface area contributed by atoms with Gasteiger partial charge in [0, 0.05) is 11.5 Å². The molecule has 0 N–H and O–H groups in total. The molecule has 0 bridgehead atoms. The summed E-state index contributed by atoms with van der Waals surface area (Å²) in [7, 11) is 0. The van der Waals surface area contributed by atoms with E-state index in [1.807, 2.05) is 30.3 Å². The lowest BCUT2D eigenvalue weighted by Gasteiger charge is -2.31. The highest BCUT2D eigenvalue weighted by atomic mass is 15.1. The van der Waals surface area contributed by atoms with Crippen LogP contribution in [0.3, 0.4) is 0 Å². The minimum Gasteiger partial charge on any atom is -0.290 e. The molecular weight excluding hydrogens is 278 g/mol. The summed E-state index contributed by atoms with van der Waals surface area (Å²) >= 11 is 0. The van der Waals surface area contributed by atoms with E-state index in [9.17, 15) is 0 Å². The van der Waals surface area contributed by atoms with Crippen LogP contribution in [0.25, 0.3) is 0 Å². The summed E-state index contributed by atoms with van der Waals surface area (Å²) in [5.74, 6) is 7.03. The van der Waals surface area contributed by atoms with Crippen LogP contribution < -0.4 is 0 Å². The normalized spacial score (nSPS) is 13.0. The van der Waals surface area contributed by atoms with Gasteiger partial charge in [-0.05, 0) is 30.8 Å². The Bertz CT molecular complexity index is 645. The molecule has 0 spiro atoms. The molecule has 0 amide bonds. The standard InChI is InChI=1S/C22H25N/c1-4-21(20-15-11-8-12-16-20)22(23(5-2)6-3)18-17-19-13-9-7-10-14-19/h4,7-16,21-22H,1,5-6H2,2-3H3. The smallest absolute Gasteiger partial charge is 0.0822 e. The Balaban J connectivity index is 2.37. The van der Waals surface area contributed by atoms with Crippen molar-refractivity contribution in [2.75, 3.05) is 13.1 Å².